The summed E-state index contributed by atoms with van der Waals surface area (Å²) in [5.41, 5.74) is 6.90. The molecule has 0 atom stereocenters. The minimum Gasteiger partial charge on any atom is -0.271 e. The van der Waals surface area contributed by atoms with E-state index < -0.39 is 0 Å². The molecule has 3 rings (SSSR count). The van der Waals surface area contributed by atoms with Crippen molar-refractivity contribution >= 4 is 22.6 Å². The average Bonchev–Trinajstić information content (AvgIpc) is 2.61. The Kier molecular flexibility index (Phi) is 4.88. The van der Waals surface area contributed by atoms with Gasteiger partial charge in [0, 0.05) is 0 Å². The van der Waals surface area contributed by atoms with Crippen LogP contribution >= 0.6 is 11.8 Å². The van der Waals surface area contributed by atoms with E-state index in [1.165, 1.54) is 46.9 Å². The van der Waals surface area contributed by atoms with Crippen molar-refractivity contribution in [1.29, 1.82) is 10.5 Å². The lowest BCUT2D eigenvalue weighted by Gasteiger charge is -2.28. The Morgan fingerprint density at radius 3 is 2.09 bits per heavy atom. The molecular weight excluding hydrogens is 304 g/mol. The summed E-state index contributed by atoms with van der Waals surface area (Å²) in [5.74, 6) is 0. The average molecular weight is 324 g/mol. The summed E-state index contributed by atoms with van der Waals surface area (Å²) >= 11 is 1.40. The Labute approximate surface area is 141 Å². The molecule has 23 heavy (non-hydrogen) atoms. The van der Waals surface area contributed by atoms with E-state index in [1.807, 2.05) is 12.4 Å². The number of rotatable bonds is 1. The number of fused-ring (bicyclic) bond motifs is 3. The minimum absolute atomic E-state index is 0.563. The van der Waals surface area contributed by atoms with Crippen molar-refractivity contribution in [3.63, 3.8) is 0 Å². The van der Waals surface area contributed by atoms with Crippen LogP contribution in [0.3, 0.4) is 0 Å². The van der Waals surface area contributed by atoms with Gasteiger partial charge in [0.15, 0.2) is 11.4 Å². The maximum atomic E-state index is 9.78. The van der Waals surface area contributed by atoms with Gasteiger partial charge in [0.05, 0.1) is 11.3 Å². The molecule has 4 nitrogen and oxygen atoms in total. The molecule has 0 radical (unpaired) electrons. The number of aliphatic imine (C=N–C) groups is 1. The van der Waals surface area contributed by atoms with Crippen LogP contribution in [0.4, 0.5) is 5.69 Å². The minimum atomic E-state index is 0.563. The van der Waals surface area contributed by atoms with E-state index in [0.717, 1.165) is 49.8 Å². The van der Waals surface area contributed by atoms with Gasteiger partial charge in [-0.2, -0.15) is 10.5 Å². The first kappa shape index (κ1) is 15.9. The number of nitriles is 2. The molecule has 0 fully saturated rings. The molecule has 2 aliphatic rings. The summed E-state index contributed by atoms with van der Waals surface area (Å²) in [6.07, 6.45) is 12.7. The Bertz CT molecular complexity index is 737. The van der Waals surface area contributed by atoms with Crippen molar-refractivity contribution in [1.82, 2.24) is 5.32 Å². The van der Waals surface area contributed by atoms with Crippen molar-refractivity contribution in [3.8, 4) is 12.3 Å². The molecule has 0 amide bonds. The second-order valence-electron chi connectivity index (χ2n) is 6.02. The van der Waals surface area contributed by atoms with Gasteiger partial charge in [-0.05, 0) is 79.9 Å². The fraction of sp³-hybridized carbons (Fsp3) is 0.500. The van der Waals surface area contributed by atoms with Gasteiger partial charge in [-0.1, -0.05) is 11.8 Å². The lowest BCUT2D eigenvalue weighted by atomic mass is 9.77. The van der Waals surface area contributed by atoms with E-state index in [1.54, 1.807) is 0 Å². The highest BCUT2D eigenvalue weighted by molar-refractivity contribution is 8.13. The molecule has 0 aromatic heterocycles. The predicted molar refractivity (Wildman–Crippen MR) is 93.8 cm³/mol. The molecule has 1 aromatic carbocycles. The third-order valence-electron chi connectivity index (χ3n) is 4.81. The van der Waals surface area contributed by atoms with Crippen molar-refractivity contribution in [2.24, 2.45) is 4.99 Å². The van der Waals surface area contributed by atoms with E-state index in [4.69, 9.17) is 5.26 Å². The number of hydrogen-bond acceptors (Lipinski definition) is 4. The van der Waals surface area contributed by atoms with Crippen LogP contribution in [0.1, 0.15) is 53.5 Å². The number of thioether (sulfide) groups is 1. The maximum Gasteiger partial charge on any atom is 0.183 e. The highest BCUT2D eigenvalue weighted by Gasteiger charge is 2.26. The first-order chi connectivity index (χ1) is 11.3. The number of hydrogen-bond donors (Lipinski definition) is 1. The van der Waals surface area contributed by atoms with Crippen molar-refractivity contribution < 1.29 is 0 Å². The van der Waals surface area contributed by atoms with E-state index in [0.29, 0.717) is 5.17 Å². The predicted octanol–water partition coefficient (Wildman–Crippen LogP) is 3.74. The highest BCUT2D eigenvalue weighted by Crippen LogP contribution is 2.41. The lowest BCUT2D eigenvalue weighted by molar-refractivity contribution is 0.640. The van der Waals surface area contributed by atoms with Gasteiger partial charge in [0.25, 0.3) is 0 Å². The highest BCUT2D eigenvalue weighted by atomic mass is 32.2. The summed E-state index contributed by atoms with van der Waals surface area (Å²) in [5, 5.41) is 21.9. The third-order valence-corrected chi connectivity index (χ3v) is 5.39. The van der Waals surface area contributed by atoms with Crippen LogP contribution in [-0.4, -0.2) is 11.4 Å². The monoisotopic (exact) mass is 324 g/mol. The SMILES string of the molecule is CSC(=Nc1c(C#N)c2c(c3c1CCCC3)CCCC2)NC#N. The van der Waals surface area contributed by atoms with E-state index >= 15 is 0 Å². The Hall–Kier alpha value is -1.98. The Balaban J connectivity index is 2.26. The molecule has 1 N–H and O–H groups in total. The molecule has 0 saturated carbocycles. The lowest BCUT2D eigenvalue weighted by Crippen LogP contribution is -2.17. The summed E-state index contributed by atoms with van der Waals surface area (Å²) < 4.78 is 0. The van der Waals surface area contributed by atoms with Gasteiger partial charge in [-0.25, -0.2) is 4.99 Å². The Morgan fingerprint density at radius 1 is 0.957 bits per heavy atom. The fourth-order valence-corrected chi connectivity index (χ4v) is 4.16. The zero-order valence-electron chi connectivity index (χ0n) is 13.4. The molecular formula is C18H20N4S. The van der Waals surface area contributed by atoms with Crippen LogP contribution in [0.5, 0.6) is 0 Å². The summed E-state index contributed by atoms with van der Waals surface area (Å²) in [4.78, 5) is 4.68. The molecule has 0 saturated heterocycles. The van der Waals surface area contributed by atoms with Crippen LogP contribution in [0.15, 0.2) is 4.99 Å². The van der Waals surface area contributed by atoms with Crippen LogP contribution in [0.2, 0.25) is 0 Å². The van der Waals surface area contributed by atoms with Gasteiger partial charge in [-0.15, -0.1) is 0 Å². The van der Waals surface area contributed by atoms with Crippen molar-refractivity contribution in [2.45, 2.75) is 51.4 Å². The molecule has 5 heteroatoms. The summed E-state index contributed by atoms with van der Waals surface area (Å²) in [6, 6.07) is 2.42. The normalized spacial score (nSPS) is 16.7. The van der Waals surface area contributed by atoms with Crippen LogP contribution in [0.25, 0.3) is 0 Å². The van der Waals surface area contributed by atoms with Gasteiger partial charge < -0.3 is 0 Å². The van der Waals surface area contributed by atoms with Crippen LogP contribution in [-0.2, 0) is 25.7 Å². The first-order valence-corrected chi connectivity index (χ1v) is 9.40. The smallest absolute Gasteiger partial charge is 0.183 e. The number of benzene rings is 1. The molecule has 0 heterocycles. The molecule has 2 aliphatic carbocycles. The number of amidine groups is 1. The van der Waals surface area contributed by atoms with Gasteiger partial charge >= 0.3 is 0 Å². The second-order valence-corrected chi connectivity index (χ2v) is 6.82. The van der Waals surface area contributed by atoms with Gasteiger partial charge in [0.1, 0.15) is 6.07 Å². The van der Waals surface area contributed by atoms with Gasteiger partial charge in [0.2, 0.25) is 0 Å². The zero-order valence-corrected chi connectivity index (χ0v) is 14.2. The quantitative estimate of drug-likeness (QED) is 0.370. The van der Waals surface area contributed by atoms with Crippen LogP contribution in [0, 0.1) is 22.8 Å². The largest absolute Gasteiger partial charge is 0.271 e. The number of nitrogens with zero attached hydrogens (tertiary/aromatic N) is 3. The second kappa shape index (κ2) is 7.06. The van der Waals surface area contributed by atoms with E-state index in [9.17, 15) is 5.26 Å². The first-order valence-electron chi connectivity index (χ1n) is 8.17. The van der Waals surface area contributed by atoms with Crippen molar-refractivity contribution in [2.75, 3.05) is 6.26 Å². The summed E-state index contributed by atoms with van der Waals surface area (Å²) in [7, 11) is 0. The molecule has 0 aliphatic heterocycles. The Morgan fingerprint density at radius 2 is 1.52 bits per heavy atom. The third kappa shape index (κ3) is 2.94. The van der Waals surface area contributed by atoms with E-state index in [-0.39, 0.29) is 0 Å². The fourth-order valence-electron chi connectivity index (χ4n) is 3.83. The standard InChI is InChI=1S/C18H20N4S/c1-23-18(21-11-20)22-17-15-9-5-4-7-13(15)12-6-2-3-8-14(12)16(17)10-19/h2-9H2,1H3,(H,21,22). The summed E-state index contributed by atoms with van der Waals surface area (Å²) in [6.45, 7) is 0. The van der Waals surface area contributed by atoms with Gasteiger partial charge in [-0.3, -0.25) is 5.32 Å². The molecule has 0 bridgehead atoms. The topological polar surface area (TPSA) is 72.0 Å². The maximum absolute atomic E-state index is 9.78. The molecule has 1 aromatic rings. The molecule has 0 unspecified atom stereocenters. The zero-order chi connectivity index (χ0) is 16.2. The van der Waals surface area contributed by atoms with E-state index in [2.05, 4.69) is 16.4 Å². The van der Waals surface area contributed by atoms with Crippen LogP contribution < -0.4 is 5.32 Å². The molecule has 118 valence electrons. The van der Waals surface area contributed by atoms with Crippen molar-refractivity contribution in [3.05, 3.63) is 27.8 Å². The number of nitrogens with one attached hydrogen (secondary N) is 1. The molecule has 0 spiro atoms.